The molecule has 0 aliphatic carbocycles. The lowest BCUT2D eigenvalue weighted by Gasteiger charge is -2.18. The number of aromatic hydroxyl groups is 1. The molecule has 0 radical (unpaired) electrons. The van der Waals surface area contributed by atoms with Crippen LogP contribution in [0.4, 0.5) is 0 Å². The van der Waals surface area contributed by atoms with E-state index in [4.69, 9.17) is 0 Å². The molecule has 6 heteroatoms. The van der Waals surface area contributed by atoms with E-state index in [0.29, 0.717) is 6.54 Å². The summed E-state index contributed by atoms with van der Waals surface area (Å²) in [7, 11) is 1.95. The van der Waals surface area contributed by atoms with Crippen molar-refractivity contribution >= 4 is 11.9 Å². The number of unbranched alkanes of at least 4 members (excludes halogenated alkanes) is 1. The molecule has 0 aliphatic rings. The summed E-state index contributed by atoms with van der Waals surface area (Å²) in [5.74, 6) is -1.20. The molecule has 1 rings (SSSR count). The number of carboxylic acid groups (broad SMARTS) is 1. The Kier molecular flexibility index (Phi) is 8.11. The van der Waals surface area contributed by atoms with E-state index in [2.05, 4.69) is 17.1 Å². The second kappa shape index (κ2) is 9.84. The zero-order chi connectivity index (χ0) is 17.2. The standard InChI is InChI=1S/C17H26N2O4/c1-3-4-10-19(2)11-9-16(21)18-15(17(22)23)12-13-5-7-14(20)8-6-13/h5-8,15,20H,3-4,9-12H2,1-2H3,(H,18,21)(H,22,23). The minimum atomic E-state index is -1.06. The Hall–Kier alpha value is -2.08. The number of carbonyl (C=O) groups is 2. The van der Waals surface area contributed by atoms with Gasteiger partial charge in [-0.25, -0.2) is 4.79 Å². The van der Waals surface area contributed by atoms with Crippen LogP contribution in [-0.2, 0) is 16.0 Å². The molecule has 0 fully saturated rings. The SMILES string of the molecule is CCCCN(C)CCC(=O)NC(Cc1ccc(O)cc1)C(=O)O. The molecular formula is C17H26N2O4. The molecule has 1 aromatic rings. The normalized spacial score (nSPS) is 12.1. The largest absolute Gasteiger partial charge is 0.508 e. The van der Waals surface area contributed by atoms with Gasteiger partial charge in [0.15, 0.2) is 0 Å². The van der Waals surface area contributed by atoms with Crippen LogP contribution in [0.3, 0.4) is 0 Å². The van der Waals surface area contributed by atoms with Gasteiger partial charge in [-0.3, -0.25) is 4.79 Å². The number of rotatable bonds is 10. The highest BCUT2D eigenvalue weighted by Crippen LogP contribution is 2.11. The van der Waals surface area contributed by atoms with Gasteiger partial charge in [0, 0.05) is 19.4 Å². The van der Waals surface area contributed by atoms with Crippen LogP contribution in [0.5, 0.6) is 5.75 Å². The molecule has 0 aromatic heterocycles. The van der Waals surface area contributed by atoms with E-state index < -0.39 is 12.0 Å². The van der Waals surface area contributed by atoms with E-state index in [1.807, 2.05) is 7.05 Å². The number of amides is 1. The van der Waals surface area contributed by atoms with Crippen LogP contribution in [0.1, 0.15) is 31.7 Å². The summed E-state index contributed by atoms with van der Waals surface area (Å²) < 4.78 is 0. The summed E-state index contributed by atoms with van der Waals surface area (Å²) in [4.78, 5) is 25.3. The molecule has 0 saturated carbocycles. The minimum absolute atomic E-state index is 0.125. The van der Waals surface area contributed by atoms with Crippen molar-refractivity contribution in [1.29, 1.82) is 0 Å². The second-order valence-corrected chi connectivity index (χ2v) is 5.74. The van der Waals surface area contributed by atoms with E-state index in [1.54, 1.807) is 12.1 Å². The van der Waals surface area contributed by atoms with E-state index in [0.717, 1.165) is 24.9 Å². The Morgan fingerprint density at radius 3 is 2.43 bits per heavy atom. The topological polar surface area (TPSA) is 89.9 Å². The van der Waals surface area contributed by atoms with Crippen molar-refractivity contribution in [3.05, 3.63) is 29.8 Å². The van der Waals surface area contributed by atoms with Gasteiger partial charge in [-0.05, 0) is 37.7 Å². The lowest BCUT2D eigenvalue weighted by Crippen LogP contribution is -2.43. The maximum absolute atomic E-state index is 11.9. The number of hydrogen-bond donors (Lipinski definition) is 3. The van der Waals surface area contributed by atoms with Crippen LogP contribution in [0, 0.1) is 0 Å². The van der Waals surface area contributed by atoms with Crippen LogP contribution in [0.2, 0.25) is 0 Å². The average Bonchev–Trinajstić information content (AvgIpc) is 2.52. The predicted molar refractivity (Wildman–Crippen MR) is 88.4 cm³/mol. The van der Waals surface area contributed by atoms with Gasteiger partial charge in [0.2, 0.25) is 5.91 Å². The highest BCUT2D eigenvalue weighted by molar-refractivity contribution is 5.83. The molecule has 1 amide bonds. The van der Waals surface area contributed by atoms with Gasteiger partial charge in [-0.1, -0.05) is 25.5 Å². The number of phenols is 1. The molecule has 0 bridgehead atoms. The molecule has 128 valence electrons. The van der Waals surface area contributed by atoms with Crippen LogP contribution in [-0.4, -0.2) is 53.2 Å². The average molecular weight is 322 g/mol. The van der Waals surface area contributed by atoms with Crippen molar-refractivity contribution in [2.75, 3.05) is 20.1 Å². The van der Waals surface area contributed by atoms with Gasteiger partial charge in [-0.15, -0.1) is 0 Å². The van der Waals surface area contributed by atoms with E-state index >= 15 is 0 Å². The quantitative estimate of drug-likeness (QED) is 0.609. The van der Waals surface area contributed by atoms with Gasteiger partial charge < -0.3 is 20.4 Å². The number of nitrogens with zero attached hydrogens (tertiary/aromatic N) is 1. The smallest absolute Gasteiger partial charge is 0.326 e. The molecule has 3 N–H and O–H groups in total. The molecule has 1 unspecified atom stereocenters. The van der Waals surface area contributed by atoms with Crippen LogP contribution >= 0.6 is 0 Å². The van der Waals surface area contributed by atoms with Gasteiger partial charge >= 0.3 is 5.97 Å². The second-order valence-electron chi connectivity index (χ2n) is 5.74. The number of hydrogen-bond acceptors (Lipinski definition) is 4. The van der Waals surface area contributed by atoms with Crippen molar-refractivity contribution < 1.29 is 19.8 Å². The first-order chi connectivity index (χ1) is 10.9. The van der Waals surface area contributed by atoms with Crippen molar-refractivity contribution in [1.82, 2.24) is 10.2 Å². The lowest BCUT2D eigenvalue weighted by atomic mass is 10.1. The molecular weight excluding hydrogens is 296 g/mol. The maximum Gasteiger partial charge on any atom is 0.326 e. The molecule has 1 atom stereocenters. The highest BCUT2D eigenvalue weighted by Gasteiger charge is 2.20. The number of carbonyl (C=O) groups excluding carboxylic acids is 1. The predicted octanol–water partition coefficient (Wildman–Crippen LogP) is 1.63. The van der Waals surface area contributed by atoms with Crippen LogP contribution in [0.25, 0.3) is 0 Å². The van der Waals surface area contributed by atoms with Crippen molar-refractivity contribution in [3.8, 4) is 5.75 Å². The third kappa shape index (κ3) is 7.65. The fourth-order valence-electron chi connectivity index (χ4n) is 2.17. The van der Waals surface area contributed by atoms with Crippen molar-refractivity contribution in [3.63, 3.8) is 0 Å². The molecule has 0 saturated heterocycles. The Bertz CT molecular complexity index is 502. The summed E-state index contributed by atoms with van der Waals surface area (Å²) in [6.07, 6.45) is 2.65. The lowest BCUT2D eigenvalue weighted by molar-refractivity contribution is -0.141. The summed E-state index contributed by atoms with van der Waals surface area (Å²) in [5, 5.41) is 21.1. The van der Waals surface area contributed by atoms with Crippen LogP contribution in [0.15, 0.2) is 24.3 Å². The number of nitrogens with one attached hydrogen (secondary N) is 1. The summed E-state index contributed by atoms with van der Waals surface area (Å²) in [5.41, 5.74) is 0.746. The molecule has 0 aliphatic heterocycles. The molecule has 0 heterocycles. The first-order valence-corrected chi connectivity index (χ1v) is 7.91. The Labute approximate surface area is 137 Å². The van der Waals surface area contributed by atoms with E-state index in [9.17, 15) is 19.8 Å². The van der Waals surface area contributed by atoms with Crippen molar-refractivity contribution in [2.45, 2.75) is 38.6 Å². The summed E-state index contributed by atoms with van der Waals surface area (Å²) in [6.45, 7) is 3.65. The summed E-state index contributed by atoms with van der Waals surface area (Å²) >= 11 is 0. The fourth-order valence-corrected chi connectivity index (χ4v) is 2.17. The van der Waals surface area contributed by atoms with Crippen LogP contribution < -0.4 is 5.32 Å². The Morgan fingerprint density at radius 1 is 1.22 bits per heavy atom. The molecule has 0 spiro atoms. The number of aliphatic carboxylic acids is 1. The number of phenolic OH excluding ortho intramolecular Hbond substituents is 1. The van der Waals surface area contributed by atoms with E-state index in [1.165, 1.54) is 12.1 Å². The zero-order valence-electron chi connectivity index (χ0n) is 13.8. The van der Waals surface area contributed by atoms with Gasteiger partial charge in [0.1, 0.15) is 11.8 Å². The Morgan fingerprint density at radius 2 is 1.87 bits per heavy atom. The fraction of sp³-hybridized carbons (Fsp3) is 0.529. The molecule has 6 nitrogen and oxygen atoms in total. The number of carboxylic acids is 1. The first-order valence-electron chi connectivity index (χ1n) is 7.91. The molecule has 1 aromatic carbocycles. The van der Waals surface area contributed by atoms with E-state index in [-0.39, 0.29) is 24.5 Å². The van der Waals surface area contributed by atoms with Crippen molar-refractivity contribution in [2.24, 2.45) is 0 Å². The van der Waals surface area contributed by atoms with Gasteiger partial charge in [0.05, 0.1) is 0 Å². The van der Waals surface area contributed by atoms with Gasteiger partial charge in [0.25, 0.3) is 0 Å². The highest BCUT2D eigenvalue weighted by atomic mass is 16.4. The maximum atomic E-state index is 11.9. The third-order valence-corrected chi connectivity index (χ3v) is 3.62. The molecule has 23 heavy (non-hydrogen) atoms. The van der Waals surface area contributed by atoms with Gasteiger partial charge in [-0.2, -0.15) is 0 Å². The number of benzene rings is 1. The Balaban J connectivity index is 2.47. The third-order valence-electron chi connectivity index (χ3n) is 3.62. The summed E-state index contributed by atoms with van der Waals surface area (Å²) in [6, 6.07) is 5.33. The first kappa shape index (κ1) is 19.0. The monoisotopic (exact) mass is 322 g/mol. The zero-order valence-corrected chi connectivity index (χ0v) is 13.8. The minimum Gasteiger partial charge on any atom is -0.508 e.